The highest BCUT2D eigenvalue weighted by atomic mass is 35.5. The lowest BCUT2D eigenvalue weighted by molar-refractivity contribution is 0.660. The van der Waals surface area contributed by atoms with Gasteiger partial charge < -0.3 is 4.90 Å². The van der Waals surface area contributed by atoms with Crippen molar-refractivity contribution in [2.75, 3.05) is 4.90 Å². The molecule has 1 nitrogen and oxygen atoms in total. The fourth-order valence-corrected chi connectivity index (χ4v) is 5.48. The predicted molar refractivity (Wildman–Crippen MR) is 159 cm³/mol. The molecule has 6 rings (SSSR count). The van der Waals surface area contributed by atoms with Crippen LogP contribution in [-0.4, -0.2) is 0 Å². The van der Waals surface area contributed by atoms with Gasteiger partial charge in [-0.1, -0.05) is 110 Å². The monoisotopic (exact) mass is 497 g/mol. The second-order valence-electron chi connectivity index (χ2n) is 10.1. The van der Waals surface area contributed by atoms with Crippen molar-refractivity contribution >= 4 is 40.8 Å². The maximum Gasteiger partial charge on any atom is 0.0465 e. The lowest BCUT2D eigenvalue weighted by Gasteiger charge is -2.28. The maximum absolute atomic E-state index is 6.04. The van der Waals surface area contributed by atoms with Crippen LogP contribution < -0.4 is 4.90 Å². The molecule has 5 aromatic carbocycles. The average molecular weight is 498 g/mol. The Morgan fingerprint density at radius 1 is 0.541 bits per heavy atom. The van der Waals surface area contributed by atoms with E-state index in [-0.39, 0.29) is 5.41 Å². The third-order valence-corrected chi connectivity index (χ3v) is 7.56. The Balaban J connectivity index is 1.39. The Bertz CT molecular complexity index is 1540. The largest absolute Gasteiger partial charge is 0.310 e. The first-order valence-electron chi connectivity index (χ1n) is 12.6. The lowest BCUT2D eigenvalue weighted by atomic mass is 9.81. The number of hydrogen-bond donors (Lipinski definition) is 0. The Morgan fingerprint density at radius 2 is 1.05 bits per heavy atom. The normalized spacial score (nSPS) is 13.4. The fourth-order valence-electron chi connectivity index (χ4n) is 5.35. The summed E-state index contributed by atoms with van der Waals surface area (Å²) in [6.45, 7) is 4.67. The van der Waals surface area contributed by atoms with Crippen LogP contribution in [-0.2, 0) is 5.41 Å². The van der Waals surface area contributed by atoms with E-state index in [0.717, 1.165) is 22.0 Å². The van der Waals surface area contributed by atoms with Gasteiger partial charge in [-0.25, -0.2) is 0 Å². The summed E-state index contributed by atoms with van der Waals surface area (Å²) in [5.74, 6) is 0. The Kier molecular flexibility index (Phi) is 5.94. The van der Waals surface area contributed by atoms with Gasteiger partial charge in [0.15, 0.2) is 0 Å². The van der Waals surface area contributed by atoms with Gasteiger partial charge in [0.2, 0.25) is 0 Å². The summed E-state index contributed by atoms with van der Waals surface area (Å²) in [5, 5.41) is 0.756. The van der Waals surface area contributed by atoms with Crippen molar-refractivity contribution in [3.63, 3.8) is 0 Å². The highest BCUT2D eigenvalue weighted by molar-refractivity contribution is 6.30. The van der Waals surface area contributed by atoms with Crippen molar-refractivity contribution in [1.29, 1.82) is 0 Å². The SMILES string of the molecule is CC1(C)c2cc(C=Cc3ccc(Cl)cc3)ccc2-c2ccc(N(c3ccccc3)c3ccccc3)cc21. The molecule has 0 fully saturated rings. The van der Waals surface area contributed by atoms with Crippen molar-refractivity contribution in [2.45, 2.75) is 19.3 Å². The minimum atomic E-state index is -0.107. The zero-order chi connectivity index (χ0) is 25.4. The molecule has 0 radical (unpaired) electrons. The number of para-hydroxylation sites is 2. The van der Waals surface area contributed by atoms with E-state index in [2.05, 4.69) is 128 Å². The van der Waals surface area contributed by atoms with Gasteiger partial charge in [-0.2, -0.15) is 0 Å². The van der Waals surface area contributed by atoms with Gasteiger partial charge in [0.25, 0.3) is 0 Å². The molecular formula is C35H28ClN. The van der Waals surface area contributed by atoms with Gasteiger partial charge in [-0.3, -0.25) is 0 Å². The molecule has 0 amide bonds. The van der Waals surface area contributed by atoms with Gasteiger partial charge in [0.1, 0.15) is 0 Å². The van der Waals surface area contributed by atoms with Crippen molar-refractivity contribution < 1.29 is 0 Å². The number of anilines is 3. The minimum Gasteiger partial charge on any atom is -0.310 e. The van der Waals surface area contributed by atoms with Crippen molar-refractivity contribution in [3.8, 4) is 11.1 Å². The number of hydrogen-bond acceptors (Lipinski definition) is 1. The summed E-state index contributed by atoms with van der Waals surface area (Å²) in [5.41, 5.74) is 11.1. The summed E-state index contributed by atoms with van der Waals surface area (Å²) >= 11 is 6.04. The van der Waals surface area contributed by atoms with E-state index in [1.807, 2.05) is 24.3 Å². The van der Waals surface area contributed by atoms with Crippen LogP contribution in [0.5, 0.6) is 0 Å². The highest BCUT2D eigenvalue weighted by Crippen LogP contribution is 2.51. The summed E-state index contributed by atoms with van der Waals surface area (Å²) in [4.78, 5) is 2.33. The van der Waals surface area contributed by atoms with Crippen LogP contribution in [0.25, 0.3) is 23.3 Å². The molecule has 0 saturated heterocycles. The van der Waals surface area contributed by atoms with E-state index in [1.54, 1.807) is 0 Å². The number of rotatable bonds is 5. The zero-order valence-corrected chi connectivity index (χ0v) is 21.8. The molecule has 0 spiro atoms. The molecule has 0 aromatic heterocycles. The Morgan fingerprint density at radius 3 is 1.68 bits per heavy atom. The minimum absolute atomic E-state index is 0.107. The average Bonchev–Trinajstić information content (AvgIpc) is 3.15. The van der Waals surface area contributed by atoms with Crippen LogP contribution in [0.2, 0.25) is 5.02 Å². The third-order valence-electron chi connectivity index (χ3n) is 7.31. The highest BCUT2D eigenvalue weighted by Gasteiger charge is 2.36. The van der Waals surface area contributed by atoms with E-state index in [4.69, 9.17) is 11.6 Å². The zero-order valence-electron chi connectivity index (χ0n) is 21.0. The molecule has 0 bridgehead atoms. The van der Waals surface area contributed by atoms with Crippen LogP contribution in [0.4, 0.5) is 17.1 Å². The molecule has 0 N–H and O–H groups in total. The molecule has 1 aliphatic carbocycles. The molecule has 180 valence electrons. The Hall–Kier alpha value is -4.07. The second-order valence-corrected chi connectivity index (χ2v) is 10.5. The molecule has 0 aliphatic heterocycles. The van der Waals surface area contributed by atoms with Crippen LogP contribution >= 0.6 is 11.6 Å². The first kappa shape index (κ1) is 23.3. The number of halogens is 1. The van der Waals surface area contributed by atoms with Gasteiger partial charge in [0.05, 0.1) is 0 Å². The quantitative estimate of drug-likeness (QED) is 0.218. The van der Waals surface area contributed by atoms with E-state index >= 15 is 0 Å². The van der Waals surface area contributed by atoms with E-state index in [0.29, 0.717) is 0 Å². The van der Waals surface area contributed by atoms with E-state index in [9.17, 15) is 0 Å². The molecular weight excluding hydrogens is 470 g/mol. The molecule has 2 heteroatoms. The van der Waals surface area contributed by atoms with Crippen LogP contribution in [0.15, 0.2) is 121 Å². The molecule has 0 heterocycles. The summed E-state index contributed by atoms with van der Waals surface area (Å²) in [6, 6.07) is 42.8. The number of benzene rings is 5. The van der Waals surface area contributed by atoms with Gasteiger partial charge >= 0.3 is 0 Å². The molecule has 1 aliphatic rings. The topological polar surface area (TPSA) is 3.24 Å². The van der Waals surface area contributed by atoms with Gasteiger partial charge in [0, 0.05) is 27.5 Å². The Labute approximate surface area is 224 Å². The van der Waals surface area contributed by atoms with Gasteiger partial charge in [-0.05, 0) is 81.9 Å². The number of nitrogens with zero attached hydrogens (tertiary/aromatic N) is 1. The molecule has 0 saturated carbocycles. The van der Waals surface area contributed by atoms with Crippen molar-refractivity contribution in [3.05, 3.63) is 149 Å². The fraction of sp³-hybridized carbons (Fsp3) is 0.0857. The second kappa shape index (κ2) is 9.42. The van der Waals surface area contributed by atoms with Crippen LogP contribution in [0.3, 0.4) is 0 Å². The molecule has 5 aromatic rings. The predicted octanol–water partition coefficient (Wildman–Crippen LogP) is 10.3. The van der Waals surface area contributed by atoms with Crippen molar-refractivity contribution in [2.24, 2.45) is 0 Å². The lowest BCUT2D eigenvalue weighted by Crippen LogP contribution is -2.16. The standard InChI is InChI=1S/C35H28ClN/c1-35(2)33-23-26(14-13-25-15-18-27(36)19-16-25)17-21-31(33)32-22-20-30(24-34(32)35)37(28-9-5-3-6-10-28)29-11-7-4-8-12-29/h3-24H,1-2H3. The molecule has 0 unspecified atom stereocenters. The number of fused-ring (bicyclic) bond motifs is 3. The van der Waals surface area contributed by atoms with Crippen LogP contribution in [0, 0.1) is 0 Å². The molecule has 0 atom stereocenters. The smallest absolute Gasteiger partial charge is 0.0465 e. The van der Waals surface area contributed by atoms with Gasteiger partial charge in [-0.15, -0.1) is 0 Å². The maximum atomic E-state index is 6.04. The molecule has 37 heavy (non-hydrogen) atoms. The van der Waals surface area contributed by atoms with E-state index < -0.39 is 0 Å². The summed E-state index contributed by atoms with van der Waals surface area (Å²) < 4.78 is 0. The summed E-state index contributed by atoms with van der Waals surface area (Å²) in [6.07, 6.45) is 4.32. The van der Waals surface area contributed by atoms with Crippen molar-refractivity contribution in [1.82, 2.24) is 0 Å². The third kappa shape index (κ3) is 4.37. The van der Waals surface area contributed by atoms with Crippen LogP contribution in [0.1, 0.15) is 36.1 Å². The van der Waals surface area contributed by atoms with E-state index in [1.165, 1.54) is 33.5 Å². The summed E-state index contributed by atoms with van der Waals surface area (Å²) in [7, 11) is 0. The first-order valence-corrected chi connectivity index (χ1v) is 13.0. The first-order chi connectivity index (χ1) is 18.0.